The van der Waals surface area contributed by atoms with Gasteiger partial charge < -0.3 is 10.3 Å². The molecule has 2 N–H and O–H groups in total. The Morgan fingerprint density at radius 2 is 1.90 bits per heavy atom. The minimum atomic E-state index is -0.284. The first-order valence-corrected chi connectivity index (χ1v) is 6.65. The second-order valence-electron chi connectivity index (χ2n) is 4.35. The molecule has 5 heteroatoms. The molecule has 0 atom stereocenters. The summed E-state index contributed by atoms with van der Waals surface area (Å²) in [4.78, 5) is 12.2. The molecular weight excluding hydrogens is 274 g/mol. The summed E-state index contributed by atoms with van der Waals surface area (Å²) in [7, 11) is 0. The predicted octanol–water partition coefficient (Wildman–Crippen LogP) is 2.39. The molecule has 0 unspecified atom stereocenters. The van der Waals surface area contributed by atoms with Crippen LogP contribution in [-0.4, -0.2) is 11.1 Å². The number of nitrogens with two attached hydrogens (primary N) is 1. The van der Waals surface area contributed by atoms with E-state index >= 15 is 0 Å². The number of hydrogen-bond acceptors (Lipinski definition) is 3. The van der Waals surface area contributed by atoms with Gasteiger partial charge in [0.15, 0.2) is 0 Å². The maximum atomic E-state index is 12.2. The van der Waals surface area contributed by atoms with Gasteiger partial charge in [-0.2, -0.15) is 5.26 Å². The lowest BCUT2D eigenvalue weighted by Gasteiger charge is -2.13. The molecule has 0 saturated carbocycles. The average molecular weight is 288 g/mol. The van der Waals surface area contributed by atoms with E-state index in [0.717, 1.165) is 11.3 Å². The monoisotopic (exact) mass is 287 g/mol. The van der Waals surface area contributed by atoms with E-state index in [2.05, 4.69) is 0 Å². The molecule has 20 heavy (non-hydrogen) atoms. The quantitative estimate of drug-likeness (QED) is 0.938. The molecule has 2 rings (SSSR count). The van der Waals surface area contributed by atoms with Crippen molar-refractivity contribution in [2.45, 2.75) is 13.0 Å². The minimum absolute atomic E-state index is 0.139. The summed E-state index contributed by atoms with van der Waals surface area (Å²) in [6, 6.07) is 12.5. The van der Waals surface area contributed by atoms with Crippen LogP contribution < -0.4 is 11.3 Å². The van der Waals surface area contributed by atoms with Gasteiger partial charge in [-0.1, -0.05) is 23.7 Å². The normalized spacial score (nSPS) is 10.2. The van der Waals surface area contributed by atoms with Crippen LogP contribution in [0, 0.1) is 11.3 Å². The molecule has 2 aromatic rings. The molecule has 0 aliphatic carbocycles. The zero-order valence-corrected chi connectivity index (χ0v) is 11.6. The van der Waals surface area contributed by atoms with Crippen molar-refractivity contribution in [2.75, 3.05) is 6.54 Å². The fourth-order valence-corrected chi connectivity index (χ4v) is 2.13. The van der Waals surface area contributed by atoms with Crippen LogP contribution in [0.3, 0.4) is 0 Å². The van der Waals surface area contributed by atoms with Crippen LogP contribution in [0.4, 0.5) is 0 Å². The van der Waals surface area contributed by atoms with E-state index in [-0.39, 0.29) is 11.1 Å². The zero-order chi connectivity index (χ0) is 14.5. The van der Waals surface area contributed by atoms with E-state index in [4.69, 9.17) is 22.6 Å². The molecule has 4 nitrogen and oxygen atoms in total. The first-order valence-electron chi connectivity index (χ1n) is 6.27. The van der Waals surface area contributed by atoms with Gasteiger partial charge >= 0.3 is 0 Å². The van der Waals surface area contributed by atoms with Crippen LogP contribution in [0.5, 0.6) is 0 Å². The molecule has 0 aliphatic rings. The minimum Gasteiger partial charge on any atom is -0.330 e. The summed E-state index contributed by atoms with van der Waals surface area (Å²) in [5.41, 5.74) is 7.01. The summed E-state index contributed by atoms with van der Waals surface area (Å²) in [6.45, 7) is 0.978. The highest BCUT2D eigenvalue weighted by Gasteiger charge is 2.10. The SMILES string of the molecule is N#Cc1ccc(-c2ccc(Cl)cc2)n(CCCN)c1=O. The van der Waals surface area contributed by atoms with E-state index in [0.29, 0.717) is 24.5 Å². The number of nitriles is 1. The number of benzene rings is 1. The molecule has 1 aromatic carbocycles. The summed E-state index contributed by atoms with van der Waals surface area (Å²) in [6.07, 6.45) is 0.676. The van der Waals surface area contributed by atoms with Crippen molar-refractivity contribution in [3.63, 3.8) is 0 Å². The fourth-order valence-electron chi connectivity index (χ4n) is 2.01. The van der Waals surface area contributed by atoms with Crippen LogP contribution in [-0.2, 0) is 6.54 Å². The Hall–Kier alpha value is -2.09. The Labute approximate surface area is 122 Å². The second-order valence-corrected chi connectivity index (χ2v) is 4.79. The third-order valence-electron chi connectivity index (χ3n) is 3.02. The number of nitrogens with zero attached hydrogens (tertiary/aromatic N) is 2. The van der Waals surface area contributed by atoms with Gasteiger partial charge in [0.25, 0.3) is 5.56 Å². The summed E-state index contributed by atoms with van der Waals surface area (Å²) >= 11 is 5.87. The smallest absolute Gasteiger partial charge is 0.268 e. The highest BCUT2D eigenvalue weighted by molar-refractivity contribution is 6.30. The Morgan fingerprint density at radius 1 is 1.20 bits per heavy atom. The topological polar surface area (TPSA) is 71.8 Å². The zero-order valence-electron chi connectivity index (χ0n) is 10.8. The van der Waals surface area contributed by atoms with Crippen LogP contribution >= 0.6 is 11.6 Å². The van der Waals surface area contributed by atoms with Gasteiger partial charge in [-0.25, -0.2) is 0 Å². The lowest BCUT2D eigenvalue weighted by atomic mass is 10.1. The van der Waals surface area contributed by atoms with Crippen molar-refractivity contribution >= 4 is 11.6 Å². The van der Waals surface area contributed by atoms with Crippen molar-refractivity contribution in [1.82, 2.24) is 4.57 Å². The fraction of sp³-hybridized carbons (Fsp3) is 0.200. The van der Waals surface area contributed by atoms with Gasteiger partial charge in [0.1, 0.15) is 11.6 Å². The number of aromatic nitrogens is 1. The highest BCUT2D eigenvalue weighted by atomic mass is 35.5. The van der Waals surface area contributed by atoms with Crippen molar-refractivity contribution in [1.29, 1.82) is 5.26 Å². The van der Waals surface area contributed by atoms with Crippen molar-refractivity contribution in [2.24, 2.45) is 5.73 Å². The van der Waals surface area contributed by atoms with Crippen molar-refractivity contribution < 1.29 is 0 Å². The van der Waals surface area contributed by atoms with E-state index in [1.54, 1.807) is 28.8 Å². The lowest BCUT2D eigenvalue weighted by molar-refractivity contribution is 0.634. The molecule has 0 radical (unpaired) electrons. The molecule has 0 bridgehead atoms. The Morgan fingerprint density at radius 3 is 2.50 bits per heavy atom. The van der Waals surface area contributed by atoms with Crippen LogP contribution in [0.1, 0.15) is 12.0 Å². The standard InChI is InChI=1S/C15H14ClN3O/c16-13-5-2-11(3-6-13)14-7-4-12(10-18)15(20)19(14)9-1-8-17/h2-7H,1,8-9,17H2. The average Bonchev–Trinajstić information content (AvgIpc) is 2.47. The number of halogens is 1. The molecule has 0 amide bonds. The van der Waals surface area contributed by atoms with E-state index in [9.17, 15) is 4.79 Å². The van der Waals surface area contributed by atoms with Crippen LogP contribution in [0.2, 0.25) is 5.02 Å². The Bertz CT molecular complexity index is 699. The second kappa shape index (κ2) is 6.38. The van der Waals surface area contributed by atoms with Crippen molar-refractivity contribution in [3.05, 3.63) is 57.3 Å². The third-order valence-corrected chi connectivity index (χ3v) is 3.27. The van der Waals surface area contributed by atoms with Gasteiger partial charge in [-0.05, 0) is 42.8 Å². The number of hydrogen-bond donors (Lipinski definition) is 1. The van der Waals surface area contributed by atoms with Gasteiger partial charge in [0, 0.05) is 11.6 Å². The van der Waals surface area contributed by atoms with E-state index < -0.39 is 0 Å². The molecule has 0 saturated heterocycles. The molecule has 1 heterocycles. The molecular formula is C15H14ClN3O. The van der Waals surface area contributed by atoms with Gasteiger partial charge in [0.2, 0.25) is 0 Å². The summed E-state index contributed by atoms with van der Waals surface area (Å²) in [5.74, 6) is 0. The maximum Gasteiger partial charge on any atom is 0.268 e. The van der Waals surface area contributed by atoms with Gasteiger partial charge in [-0.15, -0.1) is 0 Å². The first kappa shape index (κ1) is 14.3. The Kier molecular flexibility index (Phi) is 4.57. The summed E-state index contributed by atoms with van der Waals surface area (Å²) in [5, 5.41) is 9.60. The highest BCUT2D eigenvalue weighted by Crippen LogP contribution is 2.21. The Balaban J connectivity index is 2.57. The van der Waals surface area contributed by atoms with E-state index in [1.807, 2.05) is 18.2 Å². The first-order chi connectivity index (χ1) is 9.67. The predicted molar refractivity (Wildman–Crippen MR) is 79.5 cm³/mol. The van der Waals surface area contributed by atoms with Crippen LogP contribution in [0.15, 0.2) is 41.2 Å². The van der Waals surface area contributed by atoms with E-state index in [1.165, 1.54) is 0 Å². The molecule has 1 aromatic heterocycles. The van der Waals surface area contributed by atoms with Crippen LogP contribution in [0.25, 0.3) is 11.3 Å². The molecule has 0 aliphatic heterocycles. The van der Waals surface area contributed by atoms with Gasteiger partial charge in [-0.3, -0.25) is 4.79 Å². The lowest BCUT2D eigenvalue weighted by Crippen LogP contribution is -2.25. The summed E-state index contributed by atoms with van der Waals surface area (Å²) < 4.78 is 1.59. The van der Waals surface area contributed by atoms with Crippen molar-refractivity contribution in [3.8, 4) is 17.3 Å². The molecule has 102 valence electrons. The molecule has 0 fully saturated rings. The number of pyridine rings is 1. The molecule has 0 spiro atoms. The third kappa shape index (κ3) is 2.90. The number of rotatable bonds is 4. The maximum absolute atomic E-state index is 12.2. The van der Waals surface area contributed by atoms with Gasteiger partial charge in [0.05, 0.1) is 5.69 Å². The largest absolute Gasteiger partial charge is 0.330 e.